The number of thiophene rings is 1. The monoisotopic (exact) mass is 393 g/mol. The summed E-state index contributed by atoms with van der Waals surface area (Å²) in [5, 5.41) is 12.1. The summed E-state index contributed by atoms with van der Waals surface area (Å²) < 4.78 is 5.88. The maximum absolute atomic E-state index is 11.3. The van der Waals surface area contributed by atoms with Crippen molar-refractivity contribution in [3.63, 3.8) is 0 Å². The van der Waals surface area contributed by atoms with Crippen LogP contribution in [-0.4, -0.2) is 35.7 Å². The molecule has 1 aromatic heterocycles. The molecule has 1 unspecified atom stereocenters. The summed E-state index contributed by atoms with van der Waals surface area (Å²) in [4.78, 5) is 14.9. The van der Waals surface area contributed by atoms with E-state index in [1.54, 1.807) is 11.3 Å². The van der Waals surface area contributed by atoms with Crippen LogP contribution in [0, 0.1) is 12.8 Å². The van der Waals surface area contributed by atoms with Crippen LogP contribution in [-0.2, 0) is 4.79 Å². The van der Waals surface area contributed by atoms with Crippen molar-refractivity contribution in [2.75, 3.05) is 19.7 Å². The lowest BCUT2D eigenvalue weighted by atomic mass is 9.93. The minimum Gasteiger partial charge on any atom is -0.494 e. The number of hydrogen-bond acceptors (Lipinski definition) is 4. The summed E-state index contributed by atoms with van der Waals surface area (Å²) in [5.74, 6) is -0.0954. The summed E-state index contributed by atoms with van der Waals surface area (Å²) in [6.07, 6.45) is 1.33. The average Bonchev–Trinajstić information content (AvgIpc) is 3.04. The zero-order valence-corrected chi connectivity index (χ0v) is 16.6. The quantitative estimate of drug-likeness (QED) is 0.750. The number of ether oxygens (including phenoxy) is 1. The highest BCUT2D eigenvalue weighted by Crippen LogP contribution is 2.40. The van der Waals surface area contributed by atoms with Crippen LogP contribution in [0.3, 0.4) is 0 Å². The van der Waals surface area contributed by atoms with E-state index in [4.69, 9.17) is 16.3 Å². The molecule has 3 rings (SSSR count). The zero-order valence-electron chi connectivity index (χ0n) is 15.1. The number of carboxylic acids is 1. The lowest BCUT2D eigenvalue weighted by Crippen LogP contribution is -2.39. The van der Waals surface area contributed by atoms with Crippen LogP contribution in [0.25, 0.3) is 0 Å². The largest absolute Gasteiger partial charge is 0.494 e. The van der Waals surface area contributed by atoms with Crippen LogP contribution in [0.15, 0.2) is 29.6 Å². The second kappa shape index (κ2) is 8.42. The molecule has 140 valence electrons. The number of carbonyl (C=O) groups is 1. The van der Waals surface area contributed by atoms with Crippen molar-refractivity contribution in [3.8, 4) is 5.75 Å². The first-order chi connectivity index (χ1) is 12.5. The number of benzene rings is 1. The average molecular weight is 394 g/mol. The SMILES string of the molecule is CCOc1ccc(Cl)cc1C(c1cc(C)cs1)N1CCC(C(=O)O)CC1. The Bertz CT molecular complexity index is 768. The van der Waals surface area contributed by atoms with E-state index in [-0.39, 0.29) is 12.0 Å². The molecule has 1 fully saturated rings. The van der Waals surface area contributed by atoms with Crippen LogP contribution in [0.5, 0.6) is 5.75 Å². The second-order valence-corrected chi connectivity index (χ2v) is 8.07. The first-order valence-electron chi connectivity index (χ1n) is 8.93. The number of carboxylic acid groups (broad SMARTS) is 1. The third-order valence-corrected chi connectivity index (χ3v) is 6.17. The van der Waals surface area contributed by atoms with Gasteiger partial charge in [-0.15, -0.1) is 11.3 Å². The molecule has 0 saturated carbocycles. The third kappa shape index (κ3) is 4.22. The van der Waals surface area contributed by atoms with Gasteiger partial charge in [-0.1, -0.05) is 11.6 Å². The lowest BCUT2D eigenvalue weighted by molar-refractivity contribution is -0.143. The minimum absolute atomic E-state index is 0.0312. The molecule has 1 N–H and O–H groups in total. The van der Waals surface area contributed by atoms with Crippen LogP contribution in [0.4, 0.5) is 0 Å². The molecule has 1 aliphatic rings. The summed E-state index contributed by atoms with van der Waals surface area (Å²) in [5.41, 5.74) is 2.28. The molecule has 1 atom stereocenters. The Morgan fingerprint density at radius 3 is 2.69 bits per heavy atom. The Morgan fingerprint density at radius 1 is 1.38 bits per heavy atom. The summed E-state index contributed by atoms with van der Waals surface area (Å²) in [6.45, 7) is 6.15. The van der Waals surface area contributed by atoms with Crippen molar-refractivity contribution in [2.24, 2.45) is 5.92 Å². The van der Waals surface area contributed by atoms with Gasteiger partial charge in [0.15, 0.2) is 0 Å². The topological polar surface area (TPSA) is 49.8 Å². The fraction of sp³-hybridized carbons (Fsp3) is 0.450. The van der Waals surface area contributed by atoms with E-state index in [1.807, 2.05) is 25.1 Å². The van der Waals surface area contributed by atoms with Crippen molar-refractivity contribution < 1.29 is 14.6 Å². The molecule has 0 bridgehead atoms. The number of halogens is 1. The van der Waals surface area contributed by atoms with Gasteiger partial charge in [0.05, 0.1) is 18.6 Å². The molecule has 0 radical (unpaired) electrons. The minimum atomic E-state index is -0.689. The number of aryl methyl sites for hydroxylation is 1. The van der Waals surface area contributed by atoms with Gasteiger partial charge < -0.3 is 9.84 Å². The molecular weight excluding hydrogens is 370 g/mol. The van der Waals surface area contributed by atoms with Crippen LogP contribution in [0.1, 0.15) is 41.8 Å². The smallest absolute Gasteiger partial charge is 0.306 e. The number of nitrogens with zero attached hydrogens (tertiary/aromatic N) is 1. The van der Waals surface area contributed by atoms with E-state index >= 15 is 0 Å². The van der Waals surface area contributed by atoms with Gasteiger partial charge in [-0.25, -0.2) is 0 Å². The van der Waals surface area contributed by atoms with Gasteiger partial charge in [-0.2, -0.15) is 0 Å². The number of likely N-dealkylation sites (tertiary alicyclic amines) is 1. The van der Waals surface area contributed by atoms with Crippen molar-refractivity contribution >= 4 is 28.9 Å². The van der Waals surface area contributed by atoms with E-state index in [2.05, 4.69) is 23.3 Å². The highest BCUT2D eigenvalue weighted by Gasteiger charge is 2.32. The predicted octanol–water partition coefficient (Wildman–Crippen LogP) is 4.99. The maximum atomic E-state index is 11.3. The van der Waals surface area contributed by atoms with E-state index in [0.717, 1.165) is 24.4 Å². The fourth-order valence-electron chi connectivity index (χ4n) is 3.55. The fourth-order valence-corrected chi connectivity index (χ4v) is 4.78. The summed E-state index contributed by atoms with van der Waals surface area (Å²) >= 11 is 8.04. The number of piperidine rings is 1. The first kappa shape index (κ1) is 19.2. The van der Waals surface area contributed by atoms with Gasteiger partial charge in [0.2, 0.25) is 0 Å². The molecule has 1 saturated heterocycles. The van der Waals surface area contributed by atoms with E-state index in [9.17, 15) is 9.90 Å². The Labute approximate surface area is 163 Å². The number of hydrogen-bond donors (Lipinski definition) is 1. The van der Waals surface area contributed by atoms with Crippen molar-refractivity contribution in [3.05, 3.63) is 50.7 Å². The molecular formula is C20H24ClNO3S. The van der Waals surface area contributed by atoms with Gasteiger partial charge in [-0.05, 0) is 75.0 Å². The molecule has 1 aromatic carbocycles. The Kier molecular flexibility index (Phi) is 6.22. The normalized spacial score (nSPS) is 17.2. The van der Waals surface area contributed by atoms with Crippen molar-refractivity contribution in [1.29, 1.82) is 0 Å². The Balaban J connectivity index is 1.98. The molecule has 2 heterocycles. The van der Waals surface area contributed by atoms with Crippen molar-refractivity contribution in [2.45, 2.75) is 32.7 Å². The Hall–Kier alpha value is -1.56. The van der Waals surface area contributed by atoms with Gasteiger partial charge >= 0.3 is 5.97 Å². The molecule has 0 amide bonds. The molecule has 26 heavy (non-hydrogen) atoms. The number of rotatable bonds is 6. The van der Waals surface area contributed by atoms with Crippen molar-refractivity contribution in [1.82, 2.24) is 4.90 Å². The van der Waals surface area contributed by atoms with Gasteiger partial charge in [-0.3, -0.25) is 9.69 Å². The van der Waals surface area contributed by atoms with E-state index in [1.165, 1.54) is 10.4 Å². The van der Waals surface area contributed by atoms with E-state index < -0.39 is 5.97 Å². The highest BCUT2D eigenvalue weighted by molar-refractivity contribution is 7.10. The van der Waals surface area contributed by atoms with Gasteiger partial charge in [0, 0.05) is 15.5 Å². The van der Waals surface area contributed by atoms with E-state index in [0.29, 0.717) is 24.5 Å². The molecule has 0 spiro atoms. The lowest BCUT2D eigenvalue weighted by Gasteiger charge is -2.37. The number of aliphatic carboxylic acids is 1. The molecule has 0 aliphatic carbocycles. The molecule has 6 heteroatoms. The third-order valence-electron chi connectivity index (χ3n) is 4.83. The maximum Gasteiger partial charge on any atom is 0.306 e. The molecule has 4 nitrogen and oxygen atoms in total. The van der Waals surface area contributed by atoms with Crippen LogP contribution in [0.2, 0.25) is 5.02 Å². The summed E-state index contributed by atoms with van der Waals surface area (Å²) in [6, 6.07) is 8.00. The highest BCUT2D eigenvalue weighted by atomic mass is 35.5. The second-order valence-electron chi connectivity index (χ2n) is 6.69. The van der Waals surface area contributed by atoms with Gasteiger partial charge in [0.1, 0.15) is 5.75 Å². The Morgan fingerprint density at radius 2 is 2.12 bits per heavy atom. The van der Waals surface area contributed by atoms with Crippen LogP contribution >= 0.6 is 22.9 Å². The zero-order chi connectivity index (χ0) is 18.7. The molecule has 1 aliphatic heterocycles. The first-order valence-corrected chi connectivity index (χ1v) is 10.2. The summed E-state index contributed by atoms with van der Waals surface area (Å²) in [7, 11) is 0. The standard InChI is InChI=1S/C20H24ClNO3S/c1-3-25-17-5-4-15(21)11-16(17)19(18-10-13(2)12-26-18)22-8-6-14(7-9-22)20(23)24/h4-5,10-12,14,19H,3,6-9H2,1-2H3,(H,23,24). The van der Waals surface area contributed by atoms with Crippen LogP contribution < -0.4 is 4.74 Å². The molecule has 2 aromatic rings. The predicted molar refractivity (Wildman–Crippen MR) is 105 cm³/mol. The van der Waals surface area contributed by atoms with Gasteiger partial charge in [0.25, 0.3) is 0 Å².